The molecule has 3 atom stereocenters. The molecule has 0 spiro atoms. The number of carbonyl (C=O) groups is 1. The summed E-state index contributed by atoms with van der Waals surface area (Å²) in [6.45, 7) is 2.17. The van der Waals surface area contributed by atoms with Gasteiger partial charge in [0.1, 0.15) is 0 Å². The van der Waals surface area contributed by atoms with Gasteiger partial charge in [0.05, 0.1) is 0 Å². The number of hydrogen-bond donors (Lipinski definition) is 3. The second kappa shape index (κ2) is 7.82. The zero-order chi connectivity index (χ0) is 12.7. The highest BCUT2D eigenvalue weighted by atomic mass is 32.2. The molecule has 2 amide bonds. The van der Waals surface area contributed by atoms with E-state index in [2.05, 4.69) is 10.6 Å². The highest BCUT2D eigenvalue weighted by Crippen LogP contribution is 2.23. The molecule has 0 saturated heterocycles. The van der Waals surface area contributed by atoms with E-state index in [1.807, 2.05) is 13.2 Å². The molecule has 1 saturated carbocycles. The Bertz CT molecular complexity index is 239. The predicted octanol–water partition coefficient (Wildman–Crippen LogP) is 1.59. The van der Waals surface area contributed by atoms with Crippen LogP contribution in [0.1, 0.15) is 32.6 Å². The Hall–Kier alpha value is -0.420. The van der Waals surface area contributed by atoms with Gasteiger partial charge < -0.3 is 15.7 Å². The Morgan fingerprint density at radius 3 is 2.82 bits per heavy atom. The molecule has 0 radical (unpaired) electrons. The van der Waals surface area contributed by atoms with Gasteiger partial charge in [0, 0.05) is 30.4 Å². The van der Waals surface area contributed by atoms with Crippen molar-refractivity contribution < 1.29 is 9.90 Å². The normalized spacial score (nSPS) is 26.3. The van der Waals surface area contributed by atoms with Crippen molar-refractivity contribution >= 4 is 17.8 Å². The molecule has 17 heavy (non-hydrogen) atoms. The van der Waals surface area contributed by atoms with Crippen LogP contribution in [-0.2, 0) is 0 Å². The summed E-state index contributed by atoms with van der Waals surface area (Å²) in [6, 6.07) is 0.216. The van der Waals surface area contributed by atoms with Crippen molar-refractivity contribution in [2.24, 2.45) is 5.92 Å². The molecule has 1 aliphatic carbocycles. The smallest absolute Gasteiger partial charge is 0.315 e. The van der Waals surface area contributed by atoms with Gasteiger partial charge >= 0.3 is 6.03 Å². The molecule has 0 unspecified atom stereocenters. The quantitative estimate of drug-likeness (QED) is 0.703. The molecule has 5 heteroatoms. The van der Waals surface area contributed by atoms with Gasteiger partial charge in [-0.1, -0.05) is 12.8 Å². The van der Waals surface area contributed by atoms with E-state index in [-0.39, 0.29) is 30.6 Å². The Kier molecular flexibility index (Phi) is 6.73. The minimum atomic E-state index is -0.100. The Morgan fingerprint density at radius 2 is 2.18 bits per heavy atom. The standard InChI is InChI=1S/C12H24N2O2S/c1-9(8-17-2)13-12(16)14-11-6-4-3-5-10(11)7-15/h9-11,15H,3-8H2,1-2H3,(H2,13,14,16)/t9-,10-,11+/m1/s1. The first-order chi connectivity index (χ1) is 8.17. The summed E-state index contributed by atoms with van der Waals surface area (Å²) in [5, 5.41) is 15.2. The number of amides is 2. The van der Waals surface area contributed by atoms with Crippen molar-refractivity contribution in [3.63, 3.8) is 0 Å². The number of carbonyl (C=O) groups excluding carboxylic acids is 1. The number of nitrogens with one attached hydrogen (secondary N) is 2. The zero-order valence-corrected chi connectivity index (χ0v) is 11.6. The maximum atomic E-state index is 11.7. The second-order valence-electron chi connectivity index (χ2n) is 4.81. The summed E-state index contributed by atoms with van der Waals surface area (Å²) >= 11 is 1.72. The SMILES string of the molecule is CSC[C@@H](C)NC(=O)N[C@H]1CCCC[C@@H]1CO. The monoisotopic (exact) mass is 260 g/mol. The Balaban J connectivity index is 2.33. The molecule has 0 aliphatic heterocycles. The molecule has 100 valence electrons. The summed E-state index contributed by atoms with van der Waals surface area (Å²) < 4.78 is 0. The molecule has 3 N–H and O–H groups in total. The molecule has 0 aromatic heterocycles. The van der Waals surface area contributed by atoms with E-state index < -0.39 is 0 Å². The van der Waals surface area contributed by atoms with E-state index in [9.17, 15) is 9.90 Å². The number of urea groups is 1. The van der Waals surface area contributed by atoms with Crippen LogP contribution in [0.5, 0.6) is 0 Å². The molecule has 1 aliphatic rings. The average molecular weight is 260 g/mol. The van der Waals surface area contributed by atoms with E-state index in [4.69, 9.17) is 0 Å². The van der Waals surface area contributed by atoms with Gasteiger partial charge in [-0.05, 0) is 26.0 Å². The van der Waals surface area contributed by atoms with Crippen molar-refractivity contribution in [1.82, 2.24) is 10.6 Å². The third-order valence-electron chi connectivity index (χ3n) is 3.25. The van der Waals surface area contributed by atoms with E-state index >= 15 is 0 Å². The third kappa shape index (κ3) is 5.17. The minimum absolute atomic E-state index is 0.100. The second-order valence-corrected chi connectivity index (χ2v) is 5.72. The minimum Gasteiger partial charge on any atom is -0.396 e. The summed E-state index contributed by atoms with van der Waals surface area (Å²) in [6.07, 6.45) is 6.33. The number of rotatable bonds is 5. The van der Waals surface area contributed by atoms with Gasteiger partial charge in [0.2, 0.25) is 0 Å². The fourth-order valence-electron chi connectivity index (χ4n) is 2.34. The van der Waals surface area contributed by atoms with Gasteiger partial charge in [-0.25, -0.2) is 4.79 Å². The average Bonchev–Trinajstić information content (AvgIpc) is 2.29. The number of hydrogen-bond acceptors (Lipinski definition) is 3. The number of aliphatic hydroxyl groups is 1. The molecule has 1 fully saturated rings. The van der Waals surface area contributed by atoms with Crippen LogP contribution < -0.4 is 10.6 Å². The van der Waals surface area contributed by atoms with Crippen molar-refractivity contribution in [2.45, 2.75) is 44.7 Å². The van der Waals surface area contributed by atoms with E-state index in [1.54, 1.807) is 11.8 Å². The maximum absolute atomic E-state index is 11.7. The van der Waals surface area contributed by atoms with Crippen molar-refractivity contribution in [2.75, 3.05) is 18.6 Å². The van der Waals surface area contributed by atoms with E-state index in [0.717, 1.165) is 31.4 Å². The molecule has 0 aromatic carbocycles. The van der Waals surface area contributed by atoms with Gasteiger partial charge in [0.15, 0.2) is 0 Å². The molecule has 4 nitrogen and oxygen atoms in total. The molecule has 1 rings (SSSR count). The zero-order valence-electron chi connectivity index (χ0n) is 10.7. The highest BCUT2D eigenvalue weighted by Gasteiger charge is 2.25. The van der Waals surface area contributed by atoms with Crippen molar-refractivity contribution in [3.05, 3.63) is 0 Å². The predicted molar refractivity (Wildman–Crippen MR) is 72.3 cm³/mol. The van der Waals surface area contributed by atoms with Gasteiger partial charge in [-0.15, -0.1) is 0 Å². The van der Waals surface area contributed by atoms with Crippen LogP contribution >= 0.6 is 11.8 Å². The fourth-order valence-corrected chi connectivity index (χ4v) is 2.93. The van der Waals surface area contributed by atoms with Crippen LogP contribution in [0.25, 0.3) is 0 Å². The first-order valence-corrected chi connectivity index (χ1v) is 7.73. The Morgan fingerprint density at radius 1 is 1.47 bits per heavy atom. The summed E-state index contributed by atoms with van der Waals surface area (Å²) in [7, 11) is 0. The lowest BCUT2D eigenvalue weighted by Crippen LogP contribution is -2.50. The Labute approximate surface area is 108 Å². The van der Waals surface area contributed by atoms with Crippen LogP contribution in [0.15, 0.2) is 0 Å². The van der Waals surface area contributed by atoms with Crippen LogP contribution in [0, 0.1) is 5.92 Å². The lowest BCUT2D eigenvalue weighted by molar-refractivity contribution is 0.153. The van der Waals surface area contributed by atoms with Gasteiger partial charge in [0.25, 0.3) is 0 Å². The number of aliphatic hydroxyl groups excluding tert-OH is 1. The summed E-state index contributed by atoms with van der Waals surface area (Å²) in [5.41, 5.74) is 0. The van der Waals surface area contributed by atoms with Crippen molar-refractivity contribution in [3.8, 4) is 0 Å². The third-order valence-corrected chi connectivity index (χ3v) is 4.09. The van der Waals surface area contributed by atoms with Crippen molar-refractivity contribution in [1.29, 1.82) is 0 Å². The molecular weight excluding hydrogens is 236 g/mol. The maximum Gasteiger partial charge on any atom is 0.315 e. The largest absolute Gasteiger partial charge is 0.396 e. The van der Waals surface area contributed by atoms with Gasteiger partial charge in [-0.2, -0.15) is 11.8 Å². The van der Waals surface area contributed by atoms with Crippen LogP contribution in [0.3, 0.4) is 0 Å². The summed E-state index contributed by atoms with van der Waals surface area (Å²) in [5.74, 6) is 1.15. The molecule has 0 heterocycles. The lowest BCUT2D eigenvalue weighted by Gasteiger charge is -2.31. The fraction of sp³-hybridized carbons (Fsp3) is 0.917. The lowest BCUT2D eigenvalue weighted by atomic mass is 9.85. The number of thioether (sulfide) groups is 1. The van der Waals surface area contributed by atoms with Crippen LogP contribution in [0.4, 0.5) is 4.79 Å². The summed E-state index contributed by atoms with van der Waals surface area (Å²) in [4.78, 5) is 11.7. The first kappa shape index (κ1) is 14.6. The van der Waals surface area contributed by atoms with E-state index in [0.29, 0.717) is 0 Å². The highest BCUT2D eigenvalue weighted by molar-refractivity contribution is 7.98. The van der Waals surface area contributed by atoms with Gasteiger partial charge in [-0.3, -0.25) is 0 Å². The van der Waals surface area contributed by atoms with E-state index in [1.165, 1.54) is 0 Å². The van der Waals surface area contributed by atoms with Crippen LogP contribution in [0.2, 0.25) is 0 Å². The topological polar surface area (TPSA) is 61.4 Å². The van der Waals surface area contributed by atoms with Crippen LogP contribution in [-0.4, -0.2) is 41.8 Å². The molecule has 0 aromatic rings. The molecule has 0 bridgehead atoms. The first-order valence-electron chi connectivity index (χ1n) is 6.34. The molecular formula is C12H24N2O2S.